The molecule has 5 nitrogen and oxygen atoms in total. The summed E-state index contributed by atoms with van der Waals surface area (Å²) < 4.78 is 44.4. The van der Waals surface area contributed by atoms with Crippen molar-refractivity contribution in [1.29, 1.82) is 5.26 Å². The van der Waals surface area contributed by atoms with Crippen LogP contribution in [0.25, 0.3) is 0 Å². The Morgan fingerprint density at radius 1 is 1.50 bits per heavy atom. The van der Waals surface area contributed by atoms with Crippen LogP contribution in [-0.2, 0) is 0 Å². The lowest BCUT2D eigenvalue weighted by Crippen LogP contribution is -2.19. The number of nitrogens with zero attached hydrogens (tertiary/aromatic N) is 2. The zero-order valence-corrected chi connectivity index (χ0v) is 8.00. The molecule has 16 heavy (non-hydrogen) atoms. The van der Waals surface area contributed by atoms with Crippen LogP contribution < -0.4 is 15.2 Å². The number of pyridine rings is 1. The van der Waals surface area contributed by atoms with Gasteiger partial charge in [-0.1, -0.05) is 0 Å². The molecule has 0 aromatic carbocycles. The van der Waals surface area contributed by atoms with Gasteiger partial charge in [0.1, 0.15) is 17.5 Å². The molecular formula is C8H6F3N3O2. The van der Waals surface area contributed by atoms with Crippen molar-refractivity contribution < 1.29 is 22.6 Å². The largest absolute Gasteiger partial charge is 0.573 e. The van der Waals surface area contributed by atoms with Crippen LogP contribution in [0.15, 0.2) is 6.20 Å². The molecule has 0 saturated carbocycles. The van der Waals surface area contributed by atoms with Gasteiger partial charge in [0.05, 0.1) is 13.3 Å². The number of ether oxygens (including phenoxy) is 2. The summed E-state index contributed by atoms with van der Waals surface area (Å²) in [4.78, 5) is 3.49. The molecule has 0 aliphatic heterocycles. The lowest BCUT2D eigenvalue weighted by molar-refractivity contribution is -0.275. The molecule has 0 bridgehead atoms. The first-order chi connectivity index (χ1) is 7.39. The zero-order valence-electron chi connectivity index (χ0n) is 8.00. The third kappa shape index (κ3) is 2.44. The maximum Gasteiger partial charge on any atom is 0.573 e. The van der Waals surface area contributed by atoms with Gasteiger partial charge in [0, 0.05) is 0 Å². The van der Waals surface area contributed by atoms with Gasteiger partial charge in [-0.2, -0.15) is 5.26 Å². The van der Waals surface area contributed by atoms with Crippen LogP contribution in [0.1, 0.15) is 5.56 Å². The first kappa shape index (κ1) is 11.9. The predicted molar refractivity (Wildman–Crippen MR) is 46.6 cm³/mol. The van der Waals surface area contributed by atoms with Crippen LogP contribution >= 0.6 is 0 Å². The molecule has 0 saturated heterocycles. The first-order valence-electron chi connectivity index (χ1n) is 3.87. The highest BCUT2D eigenvalue weighted by atomic mass is 19.4. The molecule has 0 aliphatic rings. The number of nitrogen functional groups attached to an aromatic ring is 1. The zero-order chi connectivity index (χ0) is 12.3. The number of aromatic nitrogens is 1. The van der Waals surface area contributed by atoms with E-state index >= 15 is 0 Å². The number of nitriles is 1. The van der Waals surface area contributed by atoms with E-state index < -0.39 is 17.7 Å². The number of alkyl halides is 3. The highest BCUT2D eigenvalue weighted by Gasteiger charge is 2.34. The van der Waals surface area contributed by atoms with Crippen molar-refractivity contribution in [3.8, 4) is 17.6 Å². The second kappa shape index (κ2) is 4.14. The Kier molecular flexibility index (Phi) is 3.08. The van der Waals surface area contributed by atoms with E-state index in [1.165, 1.54) is 6.07 Å². The molecule has 1 aromatic rings. The summed E-state index contributed by atoms with van der Waals surface area (Å²) in [5.41, 5.74) is 4.72. The molecule has 0 atom stereocenters. The molecule has 0 amide bonds. The summed E-state index contributed by atoms with van der Waals surface area (Å²) in [6.45, 7) is 0. The molecule has 1 heterocycles. The Labute approximate surface area is 88.2 Å². The van der Waals surface area contributed by atoms with Gasteiger partial charge in [0.25, 0.3) is 0 Å². The first-order valence-corrected chi connectivity index (χ1v) is 3.87. The van der Waals surface area contributed by atoms with Crippen molar-refractivity contribution in [2.24, 2.45) is 0 Å². The van der Waals surface area contributed by atoms with Gasteiger partial charge < -0.3 is 15.2 Å². The number of hydrogen-bond acceptors (Lipinski definition) is 5. The van der Waals surface area contributed by atoms with Crippen LogP contribution in [0.3, 0.4) is 0 Å². The number of hydrogen-bond donors (Lipinski definition) is 1. The van der Waals surface area contributed by atoms with Crippen molar-refractivity contribution in [3.05, 3.63) is 11.8 Å². The van der Waals surface area contributed by atoms with E-state index in [0.717, 1.165) is 13.3 Å². The van der Waals surface area contributed by atoms with E-state index in [-0.39, 0.29) is 11.6 Å². The third-order valence-electron chi connectivity index (χ3n) is 1.58. The van der Waals surface area contributed by atoms with Gasteiger partial charge in [0.2, 0.25) is 0 Å². The Bertz CT molecular complexity index is 439. The number of nitrogens with two attached hydrogens (primary N) is 1. The third-order valence-corrected chi connectivity index (χ3v) is 1.58. The Morgan fingerprint density at radius 3 is 2.56 bits per heavy atom. The predicted octanol–water partition coefficient (Wildman–Crippen LogP) is 1.44. The van der Waals surface area contributed by atoms with Gasteiger partial charge in [0.15, 0.2) is 11.5 Å². The molecule has 86 valence electrons. The van der Waals surface area contributed by atoms with E-state index in [9.17, 15) is 13.2 Å². The minimum absolute atomic E-state index is 0.317. The number of anilines is 1. The average molecular weight is 233 g/mol. The average Bonchev–Trinajstić information content (AvgIpc) is 2.16. The Morgan fingerprint density at radius 2 is 2.12 bits per heavy atom. The summed E-state index contributed by atoms with van der Waals surface area (Å²) in [5.74, 6) is -1.46. The lowest BCUT2D eigenvalue weighted by atomic mass is 10.2. The van der Waals surface area contributed by atoms with Crippen molar-refractivity contribution in [2.75, 3.05) is 12.8 Å². The van der Waals surface area contributed by atoms with Crippen molar-refractivity contribution in [1.82, 2.24) is 4.98 Å². The number of methoxy groups -OCH3 is 1. The molecule has 1 rings (SSSR count). The summed E-state index contributed by atoms with van der Waals surface area (Å²) in [7, 11) is 1.12. The Balaban J connectivity index is 3.33. The van der Waals surface area contributed by atoms with Crippen LogP contribution in [0.5, 0.6) is 11.5 Å². The van der Waals surface area contributed by atoms with Crippen LogP contribution in [0.4, 0.5) is 19.0 Å². The van der Waals surface area contributed by atoms with E-state index in [0.29, 0.717) is 0 Å². The second-order valence-electron chi connectivity index (χ2n) is 2.58. The quantitative estimate of drug-likeness (QED) is 0.835. The van der Waals surface area contributed by atoms with Crippen LogP contribution in [0.2, 0.25) is 0 Å². The summed E-state index contributed by atoms with van der Waals surface area (Å²) >= 11 is 0. The minimum atomic E-state index is -4.94. The molecule has 0 aliphatic carbocycles. The number of halogens is 3. The smallest absolute Gasteiger partial charge is 0.491 e. The molecule has 2 N–H and O–H groups in total. The fourth-order valence-electron chi connectivity index (χ4n) is 0.961. The van der Waals surface area contributed by atoms with E-state index in [4.69, 9.17) is 11.0 Å². The van der Waals surface area contributed by atoms with Crippen LogP contribution in [0, 0.1) is 11.3 Å². The summed E-state index contributed by atoms with van der Waals surface area (Å²) in [6, 6.07) is 1.47. The summed E-state index contributed by atoms with van der Waals surface area (Å²) in [5, 5.41) is 8.64. The van der Waals surface area contributed by atoms with Crippen molar-refractivity contribution in [3.63, 3.8) is 0 Å². The molecule has 1 aromatic heterocycles. The van der Waals surface area contributed by atoms with Crippen LogP contribution in [-0.4, -0.2) is 18.5 Å². The normalized spacial score (nSPS) is 10.7. The van der Waals surface area contributed by atoms with Gasteiger partial charge in [-0.25, -0.2) is 4.98 Å². The topological polar surface area (TPSA) is 81.2 Å². The highest BCUT2D eigenvalue weighted by Crippen LogP contribution is 2.36. The van der Waals surface area contributed by atoms with Crippen molar-refractivity contribution >= 4 is 5.82 Å². The summed E-state index contributed by atoms with van der Waals surface area (Å²) in [6.07, 6.45) is -4.00. The fraction of sp³-hybridized carbons (Fsp3) is 0.250. The highest BCUT2D eigenvalue weighted by molar-refractivity contribution is 5.61. The fourth-order valence-corrected chi connectivity index (χ4v) is 0.961. The maximum absolute atomic E-state index is 12.1. The van der Waals surface area contributed by atoms with Crippen molar-refractivity contribution in [2.45, 2.75) is 6.36 Å². The minimum Gasteiger partial charge on any atom is -0.491 e. The number of rotatable bonds is 2. The van der Waals surface area contributed by atoms with E-state index in [1.807, 2.05) is 0 Å². The maximum atomic E-state index is 12.1. The molecule has 0 unspecified atom stereocenters. The van der Waals surface area contributed by atoms with E-state index in [1.54, 1.807) is 0 Å². The molecular weight excluding hydrogens is 227 g/mol. The van der Waals surface area contributed by atoms with Gasteiger partial charge in [-0.05, 0) is 0 Å². The molecule has 8 heteroatoms. The standard InChI is InChI=1S/C8H6F3N3O2/c1-15-5-3-14-7(13)4(2-12)6(5)16-8(9,10)11/h3H,1H3,(H2,13,14). The molecule has 0 spiro atoms. The molecule has 0 radical (unpaired) electrons. The SMILES string of the molecule is COc1cnc(N)c(C#N)c1OC(F)(F)F. The lowest BCUT2D eigenvalue weighted by Gasteiger charge is -2.13. The Hall–Kier alpha value is -2.17. The second-order valence-corrected chi connectivity index (χ2v) is 2.58. The molecule has 0 fully saturated rings. The van der Waals surface area contributed by atoms with Gasteiger partial charge >= 0.3 is 6.36 Å². The van der Waals surface area contributed by atoms with Gasteiger partial charge in [-0.3, -0.25) is 0 Å². The van der Waals surface area contributed by atoms with Gasteiger partial charge in [-0.15, -0.1) is 13.2 Å². The monoisotopic (exact) mass is 233 g/mol. The van der Waals surface area contributed by atoms with E-state index in [2.05, 4.69) is 14.5 Å².